The van der Waals surface area contributed by atoms with Crippen molar-refractivity contribution >= 4 is 5.91 Å². The van der Waals surface area contributed by atoms with Gasteiger partial charge in [-0.2, -0.15) is 0 Å². The summed E-state index contributed by atoms with van der Waals surface area (Å²) in [5.41, 5.74) is 7.82. The Labute approximate surface area is 120 Å². The normalized spacial score (nSPS) is 18.2. The first-order valence-corrected chi connectivity index (χ1v) is 7.32. The molecule has 2 N–H and O–H groups in total. The highest BCUT2D eigenvalue weighted by molar-refractivity contribution is 5.75. The maximum absolute atomic E-state index is 12.1. The van der Waals surface area contributed by atoms with Crippen molar-refractivity contribution < 1.29 is 9.53 Å². The third-order valence-corrected chi connectivity index (χ3v) is 3.81. The van der Waals surface area contributed by atoms with Gasteiger partial charge in [-0.15, -0.1) is 0 Å². The molecule has 20 heavy (non-hydrogen) atoms. The molecule has 1 heterocycles. The van der Waals surface area contributed by atoms with Gasteiger partial charge in [0.05, 0.1) is 6.10 Å². The van der Waals surface area contributed by atoms with Crippen LogP contribution < -0.4 is 5.73 Å². The van der Waals surface area contributed by atoms with Crippen molar-refractivity contribution in [3.63, 3.8) is 0 Å². The number of hydrogen-bond donors (Lipinski definition) is 1. The molecule has 0 aromatic heterocycles. The molecule has 1 aromatic carbocycles. The van der Waals surface area contributed by atoms with Gasteiger partial charge in [0.1, 0.15) is 0 Å². The number of amides is 1. The highest BCUT2D eigenvalue weighted by atomic mass is 16.5. The van der Waals surface area contributed by atoms with E-state index in [2.05, 4.69) is 0 Å². The number of nitrogens with two attached hydrogens (primary N) is 1. The van der Waals surface area contributed by atoms with Crippen LogP contribution >= 0.6 is 0 Å². The minimum atomic E-state index is 0.184. The first-order valence-electron chi connectivity index (χ1n) is 7.32. The summed E-state index contributed by atoms with van der Waals surface area (Å²) in [5, 5.41) is 0. The van der Waals surface area contributed by atoms with Gasteiger partial charge in [0, 0.05) is 33.2 Å². The van der Waals surface area contributed by atoms with E-state index in [1.165, 1.54) is 0 Å². The zero-order valence-electron chi connectivity index (χ0n) is 12.2. The molecule has 1 aliphatic rings. The average Bonchev–Trinajstić information content (AvgIpc) is 2.98. The minimum Gasteiger partial charge on any atom is -0.378 e. The molecule has 1 saturated heterocycles. The second-order valence-electron chi connectivity index (χ2n) is 5.44. The molecule has 110 valence electrons. The molecule has 4 nitrogen and oxygen atoms in total. The van der Waals surface area contributed by atoms with Crippen LogP contribution in [0.15, 0.2) is 24.3 Å². The summed E-state index contributed by atoms with van der Waals surface area (Å²) in [6, 6.07) is 8.10. The molecule has 1 aliphatic heterocycles. The number of benzene rings is 1. The molecular formula is C16H24N2O2. The van der Waals surface area contributed by atoms with Crippen LogP contribution in [0.4, 0.5) is 0 Å². The Kier molecular flexibility index (Phi) is 5.56. The highest BCUT2D eigenvalue weighted by Crippen LogP contribution is 2.17. The fourth-order valence-corrected chi connectivity index (χ4v) is 2.49. The van der Waals surface area contributed by atoms with Crippen molar-refractivity contribution in [3.05, 3.63) is 35.4 Å². The van der Waals surface area contributed by atoms with Crippen LogP contribution in [0.3, 0.4) is 0 Å². The molecule has 2 rings (SSSR count). The van der Waals surface area contributed by atoms with Crippen LogP contribution in [0, 0.1) is 0 Å². The molecule has 4 heteroatoms. The molecule has 0 bridgehead atoms. The van der Waals surface area contributed by atoms with Gasteiger partial charge in [0.15, 0.2) is 0 Å². The fourth-order valence-electron chi connectivity index (χ4n) is 2.49. The minimum absolute atomic E-state index is 0.184. The molecule has 0 saturated carbocycles. The van der Waals surface area contributed by atoms with E-state index in [1.807, 2.05) is 31.3 Å². The molecule has 0 aliphatic carbocycles. The zero-order chi connectivity index (χ0) is 14.4. The third kappa shape index (κ3) is 4.32. The first-order chi connectivity index (χ1) is 9.69. The largest absolute Gasteiger partial charge is 0.378 e. The predicted molar refractivity (Wildman–Crippen MR) is 79.0 cm³/mol. The summed E-state index contributed by atoms with van der Waals surface area (Å²) < 4.78 is 5.54. The first kappa shape index (κ1) is 15.0. The van der Waals surface area contributed by atoms with E-state index in [-0.39, 0.29) is 12.0 Å². The van der Waals surface area contributed by atoms with Crippen LogP contribution in [-0.4, -0.2) is 30.6 Å². The number of nitrogens with zero attached hydrogens (tertiary/aromatic N) is 1. The van der Waals surface area contributed by atoms with Gasteiger partial charge >= 0.3 is 0 Å². The van der Waals surface area contributed by atoms with E-state index in [1.54, 1.807) is 4.90 Å². The van der Waals surface area contributed by atoms with Crippen LogP contribution in [0.1, 0.15) is 36.8 Å². The van der Waals surface area contributed by atoms with Crippen molar-refractivity contribution in [2.75, 3.05) is 13.7 Å². The molecule has 1 amide bonds. The van der Waals surface area contributed by atoms with E-state index in [9.17, 15) is 4.79 Å². The summed E-state index contributed by atoms with van der Waals surface area (Å²) in [5.74, 6) is 0.184. The van der Waals surface area contributed by atoms with Crippen molar-refractivity contribution in [1.82, 2.24) is 4.90 Å². The molecule has 1 atom stereocenters. The lowest BCUT2D eigenvalue weighted by atomic mass is 10.1. The Morgan fingerprint density at radius 1 is 1.35 bits per heavy atom. The maximum atomic E-state index is 12.1. The standard InChI is InChI=1S/C16H24N2O2/c1-18(12-14-6-4-13(11-17)5-7-14)16(19)9-8-15-3-2-10-20-15/h4-7,15H,2-3,8-12,17H2,1H3. The van der Waals surface area contributed by atoms with Crippen molar-refractivity contribution in [1.29, 1.82) is 0 Å². The van der Waals surface area contributed by atoms with Crippen LogP contribution in [0.5, 0.6) is 0 Å². The van der Waals surface area contributed by atoms with Gasteiger partial charge in [-0.1, -0.05) is 24.3 Å². The predicted octanol–water partition coefficient (Wildman–Crippen LogP) is 2.06. The topological polar surface area (TPSA) is 55.6 Å². The number of carbonyl (C=O) groups is 1. The Morgan fingerprint density at radius 2 is 2.05 bits per heavy atom. The summed E-state index contributed by atoms with van der Waals surface area (Å²) >= 11 is 0. The van der Waals surface area contributed by atoms with Crippen molar-refractivity contribution in [2.24, 2.45) is 5.73 Å². The molecule has 0 spiro atoms. The summed E-state index contributed by atoms with van der Waals surface area (Å²) in [7, 11) is 1.86. The Hall–Kier alpha value is -1.39. The number of hydrogen-bond acceptors (Lipinski definition) is 3. The van der Waals surface area contributed by atoms with E-state index in [4.69, 9.17) is 10.5 Å². The Balaban J connectivity index is 1.77. The number of ether oxygens (including phenoxy) is 1. The van der Waals surface area contributed by atoms with Gasteiger partial charge in [-0.3, -0.25) is 4.79 Å². The number of rotatable bonds is 6. The monoisotopic (exact) mass is 276 g/mol. The van der Waals surface area contributed by atoms with E-state index in [0.717, 1.165) is 37.0 Å². The second kappa shape index (κ2) is 7.41. The molecule has 0 radical (unpaired) electrons. The quantitative estimate of drug-likeness (QED) is 0.865. The van der Waals surface area contributed by atoms with Gasteiger partial charge in [0.25, 0.3) is 0 Å². The smallest absolute Gasteiger partial charge is 0.222 e. The summed E-state index contributed by atoms with van der Waals surface area (Å²) in [4.78, 5) is 13.9. The van der Waals surface area contributed by atoms with Gasteiger partial charge < -0.3 is 15.4 Å². The van der Waals surface area contributed by atoms with Crippen LogP contribution in [0.2, 0.25) is 0 Å². The van der Waals surface area contributed by atoms with E-state index >= 15 is 0 Å². The van der Waals surface area contributed by atoms with Gasteiger partial charge in [-0.25, -0.2) is 0 Å². The maximum Gasteiger partial charge on any atom is 0.222 e. The average molecular weight is 276 g/mol. The molecule has 1 unspecified atom stereocenters. The van der Waals surface area contributed by atoms with Crippen LogP contribution in [0.25, 0.3) is 0 Å². The SMILES string of the molecule is CN(Cc1ccc(CN)cc1)C(=O)CCC1CCCO1. The van der Waals surface area contributed by atoms with E-state index < -0.39 is 0 Å². The lowest BCUT2D eigenvalue weighted by Gasteiger charge is -2.18. The highest BCUT2D eigenvalue weighted by Gasteiger charge is 2.18. The van der Waals surface area contributed by atoms with Gasteiger partial charge in [0.2, 0.25) is 5.91 Å². The summed E-state index contributed by atoms with van der Waals surface area (Å²) in [6.07, 6.45) is 3.92. The zero-order valence-corrected chi connectivity index (χ0v) is 12.2. The number of carbonyl (C=O) groups excluding carboxylic acids is 1. The fraction of sp³-hybridized carbons (Fsp3) is 0.562. The van der Waals surface area contributed by atoms with Crippen LogP contribution in [-0.2, 0) is 22.6 Å². The molecule has 1 fully saturated rings. The third-order valence-electron chi connectivity index (χ3n) is 3.81. The van der Waals surface area contributed by atoms with Crippen molar-refractivity contribution in [2.45, 2.75) is 44.9 Å². The lowest BCUT2D eigenvalue weighted by Crippen LogP contribution is -2.27. The Morgan fingerprint density at radius 3 is 2.65 bits per heavy atom. The second-order valence-corrected chi connectivity index (χ2v) is 5.44. The van der Waals surface area contributed by atoms with Gasteiger partial charge in [-0.05, 0) is 30.4 Å². The summed E-state index contributed by atoms with van der Waals surface area (Å²) in [6.45, 7) is 2.05. The van der Waals surface area contributed by atoms with E-state index in [0.29, 0.717) is 19.5 Å². The Bertz CT molecular complexity index is 425. The lowest BCUT2D eigenvalue weighted by molar-refractivity contribution is -0.131. The molecule has 1 aromatic rings. The molecular weight excluding hydrogens is 252 g/mol. The van der Waals surface area contributed by atoms with Crippen molar-refractivity contribution in [3.8, 4) is 0 Å².